The lowest BCUT2D eigenvalue weighted by Gasteiger charge is -1.84. The smallest absolute Gasteiger partial charge is 0.287 e. The van der Waals surface area contributed by atoms with Crippen LogP contribution in [0.2, 0.25) is 0 Å². The summed E-state index contributed by atoms with van der Waals surface area (Å²) >= 11 is 0. The summed E-state index contributed by atoms with van der Waals surface area (Å²) in [5, 5.41) is 3.37. The predicted octanol–water partition coefficient (Wildman–Crippen LogP) is 0.0819. The summed E-state index contributed by atoms with van der Waals surface area (Å²) in [5.41, 5.74) is 5.56. The van der Waals surface area contributed by atoms with Crippen LogP contribution in [0.1, 0.15) is 16.1 Å². The fourth-order valence-corrected chi connectivity index (χ4v) is 0.528. The average Bonchev–Trinajstić information content (AvgIpc) is 2.13. The molecule has 9 heavy (non-hydrogen) atoms. The van der Waals surface area contributed by atoms with E-state index in [4.69, 9.17) is 5.73 Å². The lowest BCUT2D eigenvalue weighted by Crippen LogP contribution is -2.10. The van der Waals surface area contributed by atoms with Crippen molar-refractivity contribution in [1.82, 2.24) is 5.16 Å². The van der Waals surface area contributed by atoms with Crippen LogP contribution in [0.3, 0.4) is 0 Å². The molecule has 0 saturated heterocycles. The van der Waals surface area contributed by atoms with Crippen molar-refractivity contribution >= 4 is 5.91 Å². The summed E-state index contributed by atoms with van der Waals surface area (Å²) in [6, 6.07) is 0. The summed E-state index contributed by atoms with van der Waals surface area (Å²) in [6.45, 7) is 1.70. The van der Waals surface area contributed by atoms with Crippen molar-refractivity contribution in [3.8, 4) is 0 Å². The van der Waals surface area contributed by atoms with Crippen molar-refractivity contribution in [2.45, 2.75) is 6.92 Å². The van der Waals surface area contributed by atoms with Gasteiger partial charge in [-0.2, -0.15) is 0 Å². The second kappa shape index (κ2) is 1.89. The van der Waals surface area contributed by atoms with Crippen LogP contribution < -0.4 is 5.73 Å². The molecule has 0 radical (unpaired) electrons. The molecule has 0 atom stereocenters. The fraction of sp³-hybridized carbons (Fsp3) is 0.200. The van der Waals surface area contributed by atoms with Crippen LogP contribution in [0.25, 0.3) is 0 Å². The van der Waals surface area contributed by atoms with E-state index in [9.17, 15) is 4.79 Å². The number of carbonyl (C=O) groups excluding carboxylic acids is 1. The van der Waals surface area contributed by atoms with Gasteiger partial charge >= 0.3 is 0 Å². The molecule has 1 aromatic heterocycles. The Labute approximate surface area is 51.6 Å². The zero-order valence-electron chi connectivity index (χ0n) is 4.92. The zero-order chi connectivity index (χ0) is 6.85. The van der Waals surface area contributed by atoms with Crippen molar-refractivity contribution in [3.63, 3.8) is 0 Å². The Morgan fingerprint density at radius 3 is 2.78 bits per heavy atom. The van der Waals surface area contributed by atoms with Gasteiger partial charge in [0.15, 0.2) is 0 Å². The molecule has 4 heteroatoms. The second-order valence-corrected chi connectivity index (χ2v) is 1.70. The Bertz CT molecular complexity index is 229. The summed E-state index contributed by atoms with van der Waals surface area (Å²) in [6.07, 6.45) is 1.44. The maximum atomic E-state index is 10.4. The van der Waals surface area contributed by atoms with Gasteiger partial charge in [0.2, 0.25) is 5.76 Å². The number of amides is 1. The monoisotopic (exact) mass is 126 g/mol. The Balaban J connectivity index is 3.08. The summed E-state index contributed by atoms with van der Waals surface area (Å²) in [4.78, 5) is 10.4. The van der Waals surface area contributed by atoms with Crippen LogP contribution in [0.15, 0.2) is 10.7 Å². The minimum absolute atomic E-state index is 0.134. The third kappa shape index (κ3) is 0.910. The van der Waals surface area contributed by atoms with Crippen molar-refractivity contribution in [1.29, 1.82) is 0 Å². The third-order valence-electron chi connectivity index (χ3n) is 0.972. The minimum atomic E-state index is -0.579. The van der Waals surface area contributed by atoms with Crippen molar-refractivity contribution in [2.75, 3.05) is 0 Å². The molecule has 0 aliphatic heterocycles. The van der Waals surface area contributed by atoms with E-state index in [0.29, 0.717) is 5.56 Å². The highest BCUT2D eigenvalue weighted by molar-refractivity contribution is 5.90. The van der Waals surface area contributed by atoms with Gasteiger partial charge in [0, 0.05) is 5.56 Å². The standard InChI is InChI=1S/C5H6N2O2/c1-3-2-7-9-4(3)5(6)8/h2H,1H3,(H2,6,8). The van der Waals surface area contributed by atoms with Gasteiger partial charge in [-0.25, -0.2) is 0 Å². The fourth-order valence-electron chi connectivity index (χ4n) is 0.528. The van der Waals surface area contributed by atoms with E-state index >= 15 is 0 Å². The molecule has 0 saturated carbocycles. The predicted molar refractivity (Wildman–Crippen MR) is 29.8 cm³/mol. The molecular formula is C5H6N2O2. The maximum Gasteiger partial charge on any atom is 0.287 e. The molecule has 0 aliphatic carbocycles. The normalized spacial score (nSPS) is 9.44. The first-order valence-corrected chi connectivity index (χ1v) is 2.43. The summed E-state index contributed by atoms with van der Waals surface area (Å²) in [7, 11) is 0. The lowest BCUT2D eigenvalue weighted by atomic mass is 10.3. The molecule has 1 amide bonds. The first kappa shape index (κ1) is 5.81. The van der Waals surface area contributed by atoms with Gasteiger partial charge in [0.05, 0.1) is 6.20 Å². The quantitative estimate of drug-likeness (QED) is 0.579. The number of nitrogens with two attached hydrogens (primary N) is 1. The summed E-state index contributed by atoms with van der Waals surface area (Å²) < 4.78 is 4.50. The molecule has 1 heterocycles. The number of nitrogens with zero attached hydrogens (tertiary/aromatic N) is 1. The van der Waals surface area contributed by atoms with Crippen LogP contribution in [0, 0.1) is 6.92 Å². The molecule has 48 valence electrons. The van der Waals surface area contributed by atoms with Gasteiger partial charge in [-0.1, -0.05) is 5.16 Å². The first-order valence-electron chi connectivity index (χ1n) is 2.43. The second-order valence-electron chi connectivity index (χ2n) is 1.70. The molecule has 0 bridgehead atoms. The van der Waals surface area contributed by atoms with E-state index < -0.39 is 5.91 Å². The van der Waals surface area contributed by atoms with E-state index in [2.05, 4.69) is 9.68 Å². The van der Waals surface area contributed by atoms with Gasteiger partial charge in [-0.15, -0.1) is 0 Å². The number of carbonyl (C=O) groups is 1. The number of hydrogen-bond donors (Lipinski definition) is 1. The van der Waals surface area contributed by atoms with Crippen LogP contribution in [0.4, 0.5) is 0 Å². The topological polar surface area (TPSA) is 69.1 Å². The molecule has 0 unspecified atom stereocenters. The highest BCUT2D eigenvalue weighted by Crippen LogP contribution is 2.02. The maximum absolute atomic E-state index is 10.4. The van der Waals surface area contributed by atoms with E-state index in [1.54, 1.807) is 6.92 Å². The molecule has 0 aliphatic rings. The Morgan fingerprint density at radius 1 is 1.89 bits per heavy atom. The van der Waals surface area contributed by atoms with Crippen molar-refractivity contribution < 1.29 is 9.32 Å². The van der Waals surface area contributed by atoms with Crippen LogP contribution in [-0.2, 0) is 0 Å². The number of aryl methyl sites for hydroxylation is 1. The van der Waals surface area contributed by atoms with E-state index in [1.165, 1.54) is 6.20 Å². The largest absolute Gasteiger partial charge is 0.363 e. The molecule has 0 aromatic carbocycles. The third-order valence-corrected chi connectivity index (χ3v) is 0.972. The van der Waals surface area contributed by atoms with Gasteiger partial charge in [-0.3, -0.25) is 4.79 Å². The number of aromatic nitrogens is 1. The van der Waals surface area contributed by atoms with Crippen molar-refractivity contribution in [3.05, 3.63) is 17.5 Å². The zero-order valence-corrected chi connectivity index (χ0v) is 4.92. The van der Waals surface area contributed by atoms with E-state index in [1.807, 2.05) is 0 Å². The Morgan fingerprint density at radius 2 is 2.56 bits per heavy atom. The van der Waals surface area contributed by atoms with Crippen LogP contribution in [0.5, 0.6) is 0 Å². The molecule has 0 fully saturated rings. The van der Waals surface area contributed by atoms with Gasteiger partial charge in [0.1, 0.15) is 0 Å². The molecule has 4 nitrogen and oxygen atoms in total. The number of primary amides is 1. The molecule has 0 spiro atoms. The Hall–Kier alpha value is -1.32. The minimum Gasteiger partial charge on any atom is -0.363 e. The van der Waals surface area contributed by atoms with Gasteiger partial charge in [0.25, 0.3) is 5.91 Å². The highest BCUT2D eigenvalue weighted by Gasteiger charge is 2.07. The molecule has 1 rings (SSSR count). The average molecular weight is 126 g/mol. The van der Waals surface area contributed by atoms with Crippen LogP contribution >= 0.6 is 0 Å². The van der Waals surface area contributed by atoms with E-state index in [0.717, 1.165) is 0 Å². The Kier molecular flexibility index (Phi) is 1.22. The van der Waals surface area contributed by atoms with Crippen LogP contribution in [-0.4, -0.2) is 11.1 Å². The molecular weight excluding hydrogens is 120 g/mol. The SMILES string of the molecule is Cc1cnoc1C(N)=O. The first-order chi connectivity index (χ1) is 4.22. The van der Waals surface area contributed by atoms with E-state index in [-0.39, 0.29) is 5.76 Å². The lowest BCUT2D eigenvalue weighted by molar-refractivity contribution is 0.0964. The molecule has 1 aromatic rings. The number of hydrogen-bond acceptors (Lipinski definition) is 3. The number of rotatable bonds is 1. The van der Waals surface area contributed by atoms with Crippen molar-refractivity contribution in [2.24, 2.45) is 5.73 Å². The molecule has 2 N–H and O–H groups in total. The van der Waals surface area contributed by atoms with Gasteiger partial charge in [-0.05, 0) is 6.92 Å². The van der Waals surface area contributed by atoms with Gasteiger partial charge < -0.3 is 10.3 Å². The summed E-state index contributed by atoms with van der Waals surface area (Å²) in [5.74, 6) is -0.444. The highest BCUT2D eigenvalue weighted by atomic mass is 16.5.